The molecule has 2 aromatic rings. The number of fused-ring (bicyclic) bond motifs is 1. The predicted molar refractivity (Wildman–Crippen MR) is 125 cm³/mol. The van der Waals surface area contributed by atoms with Gasteiger partial charge in [0.1, 0.15) is 13.2 Å². The minimum Gasteiger partial charge on any atom is -0.486 e. The standard InChI is InChI=1S/C24H31N3O3S/c1-25-31(28)15-11-26(12-16-31)21-7-4-19(5-8-21)18-27-10-2-3-22(27)20-6-9-23-24(17-20)30-14-13-29-23/h4-9,17,22H,2-3,10-16,18H2,1H3. The average Bonchev–Trinajstić information content (AvgIpc) is 3.28. The third-order valence-corrected chi connectivity index (χ3v) is 9.00. The van der Waals surface area contributed by atoms with Gasteiger partial charge in [-0.1, -0.05) is 18.2 Å². The summed E-state index contributed by atoms with van der Waals surface area (Å²) in [5.41, 5.74) is 3.86. The summed E-state index contributed by atoms with van der Waals surface area (Å²) < 4.78 is 28.0. The smallest absolute Gasteiger partial charge is 0.161 e. The summed E-state index contributed by atoms with van der Waals surface area (Å²) >= 11 is 0. The second kappa shape index (κ2) is 8.71. The van der Waals surface area contributed by atoms with Crippen LogP contribution in [0.2, 0.25) is 0 Å². The van der Waals surface area contributed by atoms with Crippen LogP contribution in [0.5, 0.6) is 11.5 Å². The van der Waals surface area contributed by atoms with E-state index in [1.165, 1.54) is 29.7 Å². The van der Waals surface area contributed by atoms with E-state index in [1.807, 2.05) is 0 Å². The highest BCUT2D eigenvalue weighted by Gasteiger charge is 2.27. The van der Waals surface area contributed by atoms with Crippen molar-refractivity contribution < 1.29 is 13.7 Å². The fourth-order valence-corrected chi connectivity index (χ4v) is 6.45. The summed E-state index contributed by atoms with van der Waals surface area (Å²) in [5.74, 6) is 3.06. The maximum absolute atomic E-state index is 12.4. The van der Waals surface area contributed by atoms with E-state index in [-0.39, 0.29) is 0 Å². The van der Waals surface area contributed by atoms with Crippen LogP contribution in [0.25, 0.3) is 0 Å². The van der Waals surface area contributed by atoms with Gasteiger partial charge in [-0.2, -0.15) is 0 Å². The topological polar surface area (TPSA) is 54.4 Å². The van der Waals surface area contributed by atoms with Gasteiger partial charge in [0.25, 0.3) is 0 Å². The molecule has 0 N–H and O–H groups in total. The van der Waals surface area contributed by atoms with Gasteiger partial charge in [0.05, 0.1) is 0 Å². The zero-order valence-corrected chi connectivity index (χ0v) is 19.0. The van der Waals surface area contributed by atoms with Crippen molar-refractivity contribution >= 4 is 15.4 Å². The van der Waals surface area contributed by atoms with E-state index in [0.29, 0.717) is 30.8 Å². The van der Waals surface area contributed by atoms with Crippen molar-refractivity contribution in [3.63, 3.8) is 0 Å². The highest BCUT2D eigenvalue weighted by atomic mass is 32.2. The van der Waals surface area contributed by atoms with Gasteiger partial charge in [0, 0.05) is 59.6 Å². The number of hydrogen-bond donors (Lipinski definition) is 0. The van der Waals surface area contributed by atoms with E-state index in [2.05, 4.69) is 56.6 Å². The molecule has 1 atom stereocenters. The predicted octanol–water partition coefficient (Wildman–Crippen LogP) is 3.71. The molecule has 0 bridgehead atoms. The molecule has 1 unspecified atom stereocenters. The van der Waals surface area contributed by atoms with Gasteiger partial charge >= 0.3 is 0 Å². The Bertz CT molecular complexity index is 1030. The van der Waals surface area contributed by atoms with Crippen molar-refractivity contribution in [2.75, 3.05) is 56.3 Å². The molecule has 0 aliphatic carbocycles. The normalized spacial score (nSPS) is 23.0. The van der Waals surface area contributed by atoms with Crippen LogP contribution >= 0.6 is 0 Å². The number of anilines is 1. The van der Waals surface area contributed by atoms with E-state index < -0.39 is 9.73 Å². The van der Waals surface area contributed by atoms with Crippen LogP contribution in [0.1, 0.15) is 30.0 Å². The van der Waals surface area contributed by atoms with Gasteiger partial charge in [-0.15, -0.1) is 0 Å². The zero-order chi connectivity index (χ0) is 21.3. The summed E-state index contributed by atoms with van der Waals surface area (Å²) in [6.07, 6.45) is 2.39. The lowest BCUT2D eigenvalue weighted by molar-refractivity contribution is 0.170. The van der Waals surface area contributed by atoms with E-state index in [0.717, 1.165) is 37.7 Å². The highest BCUT2D eigenvalue weighted by Crippen LogP contribution is 2.38. The van der Waals surface area contributed by atoms with Crippen molar-refractivity contribution in [3.8, 4) is 11.5 Å². The summed E-state index contributed by atoms with van der Waals surface area (Å²) in [6.45, 7) is 4.94. The molecule has 3 aliphatic heterocycles. The zero-order valence-electron chi connectivity index (χ0n) is 18.2. The Labute approximate surface area is 185 Å². The number of hydrogen-bond acceptors (Lipinski definition) is 6. The molecule has 0 aromatic heterocycles. The molecule has 7 heteroatoms. The summed E-state index contributed by atoms with van der Waals surface area (Å²) in [5, 5.41) is 0. The largest absolute Gasteiger partial charge is 0.486 e. The summed E-state index contributed by atoms with van der Waals surface area (Å²) in [4.78, 5) is 4.89. The lowest BCUT2D eigenvalue weighted by atomic mass is 10.0. The Kier molecular flexibility index (Phi) is 5.80. The van der Waals surface area contributed by atoms with Crippen LogP contribution < -0.4 is 14.4 Å². The third-order valence-electron chi connectivity index (χ3n) is 6.69. The fourth-order valence-electron chi connectivity index (χ4n) is 4.87. The minimum atomic E-state index is -1.97. The number of rotatable bonds is 4. The quantitative estimate of drug-likeness (QED) is 0.724. The van der Waals surface area contributed by atoms with Crippen LogP contribution in [0, 0.1) is 0 Å². The molecular formula is C24H31N3O3S. The molecule has 0 saturated carbocycles. The van der Waals surface area contributed by atoms with Gasteiger partial charge in [-0.3, -0.25) is 4.90 Å². The number of ether oxygens (including phenoxy) is 2. The Morgan fingerprint density at radius 1 is 1.00 bits per heavy atom. The molecule has 3 heterocycles. The van der Waals surface area contributed by atoms with E-state index >= 15 is 0 Å². The van der Waals surface area contributed by atoms with E-state index in [4.69, 9.17) is 9.47 Å². The SMILES string of the molecule is CN=S1(=O)CCN(c2ccc(CN3CCCC3c3ccc4c(c3)OCCO4)cc2)CC1. The van der Waals surface area contributed by atoms with Crippen LogP contribution in [-0.2, 0) is 16.3 Å². The van der Waals surface area contributed by atoms with Gasteiger partial charge in [-0.05, 0) is 54.8 Å². The van der Waals surface area contributed by atoms with Crippen molar-refractivity contribution in [2.45, 2.75) is 25.4 Å². The first-order chi connectivity index (χ1) is 15.1. The van der Waals surface area contributed by atoms with Gasteiger partial charge in [0.15, 0.2) is 11.5 Å². The summed E-state index contributed by atoms with van der Waals surface area (Å²) in [7, 11) is -0.288. The first-order valence-corrected chi connectivity index (χ1v) is 13.1. The molecule has 166 valence electrons. The van der Waals surface area contributed by atoms with Crippen LogP contribution in [0.15, 0.2) is 46.8 Å². The maximum Gasteiger partial charge on any atom is 0.161 e. The van der Waals surface area contributed by atoms with Crippen molar-refractivity contribution in [3.05, 3.63) is 53.6 Å². The van der Waals surface area contributed by atoms with Gasteiger partial charge in [-0.25, -0.2) is 8.57 Å². The molecule has 31 heavy (non-hydrogen) atoms. The van der Waals surface area contributed by atoms with Crippen LogP contribution in [-0.4, -0.2) is 60.5 Å². The number of benzene rings is 2. The van der Waals surface area contributed by atoms with Crippen LogP contribution in [0.3, 0.4) is 0 Å². The van der Waals surface area contributed by atoms with Gasteiger partial charge in [0.2, 0.25) is 0 Å². The molecule has 3 aliphatic rings. The lowest BCUT2D eigenvalue weighted by Crippen LogP contribution is -2.40. The first kappa shape index (κ1) is 20.6. The second-order valence-electron chi connectivity index (χ2n) is 8.55. The molecule has 0 amide bonds. The Hall–Kier alpha value is -2.25. The average molecular weight is 442 g/mol. The monoisotopic (exact) mass is 441 g/mol. The Balaban J connectivity index is 1.25. The number of likely N-dealkylation sites (tertiary alicyclic amines) is 1. The Morgan fingerprint density at radius 2 is 1.74 bits per heavy atom. The molecule has 2 saturated heterocycles. The molecule has 0 spiro atoms. The summed E-state index contributed by atoms with van der Waals surface area (Å²) in [6, 6.07) is 15.7. The Morgan fingerprint density at radius 3 is 2.48 bits per heavy atom. The van der Waals surface area contributed by atoms with Crippen molar-refractivity contribution in [1.82, 2.24) is 4.90 Å². The van der Waals surface area contributed by atoms with Crippen molar-refractivity contribution in [2.24, 2.45) is 4.36 Å². The molecule has 0 radical (unpaired) electrons. The van der Waals surface area contributed by atoms with Crippen molar-refractivity contribution in [1.29, 1.82) is 0 Å². The molecule has 2 aromatic carbocycles. The van der Waals surface area contributed by atoms with Crippen LogP contribution in [0.4, 0.5) is 5.69 Å². The molecule has 2 fully saturated rings. The number of nitrogens with zero attached hydrogens (tertiary/aromatic N) is 3. The molecule has 5 rings (SSSR count). The van der Waals surface area contributed by atoms with E-state index in [9.17, 15) is 4.21 Å². The third kappa shape index (κ3) is 4.39. The maximum atomic E-state index is 12.4. The lowest BCUT2D eigenvalue weighted by Gasteiger charge is -2.31. The highest BCUT2D eigenvalue weighted by molar-refractivity contribution is 7.93. The first-order valence-electron chi connectivity index (χ1n) is 11.2. The molecular weight excluding hydrogens is 410 g/mol. The second-order valence-corrected chi connectivity index (χ2v) is 11.3. The minimum absolute atomic E-state index is 0.420. The van der Waals surface area contributed by atoms with Gasteiger partial charge < -0.3 is 14.4 Å². The van der Waals surface area contributed by atoms with E-state index in [1.54, 1.807) is 7.05 Å². The molecule has 6 nitrogen and oxygen atoms in total. The fraction of sp³-hybridized carbons (Fsp3) is 0.500.